The van der Waals surface area contributed by atoms with E-state index in [4.69, 9.17) is 0 Å². The molecule has 1 saturated heterocycles. The number of nitrogens with one attached hydrogen (secondary N) is 1. The number of rotatable bonds is 3. The van der Waals surface area contributed by atoms with Gasteiger partial charge in [0, 0.05) is 38.9 Å². The highest BCUT2D eigenvalue weighted by Gasteiger charge is 2.23. The molecule has 1 aliphatic rings. The smallest absolute Gasteiger partial charge is 0.227 e. The Kier molecular flexibility index (Phi) is 3.78. The van der Waals surface area contributed by atoms with E-state index in [-0.39, 0.29) is 11.8 Å². The first-order valence-corrected chi connectivity index (χ1v) is 6.10. The van der Waals surface area contributed by atoms with Crippen molar-refractivity contribution in [3.8, 4) is 0 Å². The Morgan fingerprint density at radius 1 is 1.71 bits per heavy atom. The van der Waals surface area contributed by atoms with Gasteiger partial charge in [-0.05, 0) is 19.4 Å². The first-order valence-electron chi connectivity index (χ1n) is 6.10. The monoisotopic (exact) mass is 236 g/mol. The lowest BCUT2D eigenvalue weighted by Crippen LogP contribution is -2.41. The average molecular weight is 236 g/mol. The van der Waals surface area contributed by atoms with Crippen LogP contribution in [-0.4, -0.2) is 40.7 Å². The molecule has 94 valence electrons. The molecule has 0 aromatic carbocycles. The first kappa shape index (κ1) is 12.1. The molecule has 1 fully saturated rings. The van der Waals surface area contributed by atoms with Crippen molar-refractivity contribution in [1.29, 1.82) is 0 Å². The molecule has 2 rings (SSSR count). The van der Waals surface area contributed by atoms with Crippen LogP contribution in [0.1, 0.15) is 18.4 Å². The van der Waals surface area contributed by atoms with Crippen molar-refractivity contribution in [3.63, 3.8) is 0 Å². The van der Waals surface area contributed by atoms with Gasteiger partial charge >= 0.3 is 0 Å². The number of nitrogens with zero attached hydrogens (tertiary/aromatic N) is 3. The lowest BCUT2D eigenvalue weighted by atomic mass is 9.98. The summed E-state index contributed by atoms with van der Waals surface area (Å²) in [5.41, 5.74) is 1.08. The zero-order chi connectivity index (χ0) is 12.3. The molecule has 17 heavy (non-hydrogen) atoms. The molecule has 5 heteroatoms. The molecule has 1 N–H and O–H groups in total. The van der Waals surface area contributed by atoms with Gasteiger partial charge in [-0.1, -0.05) is 0 Å². The van der Waals surface area contributed by atoms with Crippen molar-refractivity contribution in [2.45, 2.75) is 19.4 Å². The van der Waals surface area contributed by atoms with E-state index < -0.39 is 0 Å². The van der Waals surface area contributed by atoms with Crippen molar-refractivity contribution in [2.24, 2.45) is 13.0 Å². The van der Waals surface area contributed by atoms with E-state index in [1.54, 1.807) is 9.58 Å². The van der Waals surface area contributed by atoms with E-state index in [0.717, 1.165) is 31.5 Å². The molecular weight excluding hydrogens is 216 g/mol. The highest BCUT2D eigenvalue weighted by atomic mass is 16.2. The largest absolute Gasteiger partial charge is 0.341 e. The summed E-state index contributed by atoms with van der Waals surface area (Å²) in [4.78, 5) is 14.0. The third-order valence-electron chi connectivity index (χ3n) is 3.20. The molecule has 1 aromatic rings. The van der Waals surface area contributed by atoms with Gasteiger partial charge in [-0.3, -0.25) is 9.48 Å². The lowest BCUT2D eigenvalue weighted by molar-refractivity contribution is -0.135. The molecule has 1 amide bonds. The van der Waals surface area contributed by atoms with Gasteiger partial charge in [0.2, 0.25) is 5.91 Å². The van der Waals surface area contributed by atoms with Gasteiger partial charge < -0.3 is 10.2 Å². The number of amides is 1. The summed E-state index contributed by atoms with van der Waals surface area (Å²) in [5, 5.41) is 7.38. The summed E-state index contributed by atoms with van der Waals surface area (Å²) in [7, 11) is 3.75. The number of piperidine rings is 1. The number of aryl methyl sites for hydroxylation is 1. The quantitative estimate of drug-likeness (QED) is 0.825. The van der Waals surface area contributed by atoms with Gasteiger partial charge in [-0.15, -0.1) is 0 Å². The molecule has 1 aliphatic heterocycles. The van der Waals surface area contributed by atoms with E-state index in [9.17, 15) is 4.79 Å². The van der Waals surface area contributed by atoms with Crippen LogP contribution in [0.5, 0.6) is 0 Å². The van der Waals surface area contributed by atoms with Crippen molar-refractivity contribution in [1.82, 2.24) is 20.0 Å². The fourth-order valence-electron chi connectivity index (χ4n) is 2.28. The number of aromatic nitrogens is 2. The number of carbonyl (C=O) groups excluding carboxylic acids is 1. The van der Waals surface area contributed by atoms with Crippen LogP contribution in [0.25, 0.3) is 0 Å². The normalized spacial score (nSPS) is 20.2. The molecule has 0 saturated carbocycles. The molecule has 0 bridgehead atoms. The summed E-state index contributed by atoms with van der Waals surface area (Å²) in [6.07, 6.45) is 5.85. The first-order chi connectivity index (χ1) is 8.16. The van der Waals surface area contributed by atoms with Gasteiger partial charge in [0.1, 0.15) is 0 Å². The number of hydrogen-bond acceptors (Lipinski definition) is 3. The summed E-state index contributed by atoms with van der Waals surface area (Å²) in [6.45, 7) is 2.50. The minimum absolute atomic E-state index is 0.144. The Bertz CT molecular complexity index is 382. The van der Waals surface area contributed by atoms with E-state index >= 15 is 0 Å². The van der Waals surface area contributed by atoms with Crippen LogP contribution in [0, 0.1) is 5.92 Å². The van der Waals surface area contributed by atoms with Gasteiger partial charge in [-0.2, -0.15) is 5.10 Å². The summed E-state index contributed by atoms with van der Waals surface area (Å²) < 4.78 is 1.76. The van der Waals surface area contributed by atoms with Crippen LogP contribution in [-0.2, 0) is 18.4 Å². The van der Waals surface area contributed by atoms with E-state index in [0.29, 0.717) is 6.54 Å². The second-order valence-electron chi connectivity index (χ2n) is 4.76. The average Bonchev–Trinajstić information content (AvgIpc) is 2.75. The predicted octanol–water partition coefficient (Wildman–Crippen LogP) is 0.378. The minimum atomic E-state index is 0.144. The van der Waals surface area contributed by atoms with Crippen LogP contribution >= 0.6 is 0 Å². The maximum absolute atomic E-state index is 12.2. The molecule has 0 spiro atoms. The maximum Gasteiger partial charge on any atom is 0.227 e. The summed E-state index contributed by atoms with van der Waals surface area (Å²) >= 11 is 0. The Morgan fingerprint density at radius 2 is 2.53 bits per heavy atom. The Morgan fingerprint density at radius 3 is 3.12 bits per heavy atom. The molecule has 0 aliphatic carbocycles. The van der Waals surface area contributed by atoms with Gasteiger partial charge in [-0.25, -0.2) is 0 Å². The minimum Gasteiger partial charge on any atom is -0.341 e. The maximum atomic E-state index is 12.2. The van der Waals surface area contributed by atoms with Crippen LogP contribution < -0.4 is 5.32 Å². The van der Waals surface area contributed by atoms with Gasteiger partial charge in [0.15, 0.2) is 0 Å². The number of carbonyl (C=O) groups is 1. The van der Waals surface area contributed by atoms with Crippen molar-refractivity contribution >= 4 is 5.91 Å². The highest BCUT2D eigenvalue weighted by molar-refractivity contribution is 5.78. The lowest BCUT2D eigenvalue weighted by Gasteiger charge is -2.26. The van der Waals surface area contributed by atoms with Crippen molar-refractivity contribution in [3.05, 3.63) is 18.0 Å². The van der Waals surface area contributed by atoms with Crippen LogP contribution in [0.15, 0.2) is 12.4 Å². The SMILES string of the molecule is CN(Cc1cnn(C)c1)C(=O)[C@H]1CCCNC1. The van der Waals surface area contributed by atoms with Crippen LogP contribution in [0.2, 0.25) is 0 Å². The van der Waals surface area contributed by atoms with Gasteiger partial charge in [0.25, 0.3) is 0 Å². The topological polar surface area (TPSA) is 50.2 Å². The third-order valence-corrected chi connectivity index (χ3v) is 3.20. The highest BCUT2D eigenvalue weighted by Crippen LogP contribution is 2.14. The molecule has 2 heterocycles. The molecule has 1 atom stereocenters. The summed E-state index contributed by atoms with van der Waals surface area (Å²) in [6, 6.07) is 0. The standard InChI is InChI=1S/C12H20N4O/c1-15(8-10-6-14-16(2)9-10)12(17)11-4-3-5-13-7-11/h6,9,11,13H,3-5,7-8H2,1-2H3/t11-/m0/s1. The second kappa shape index (κ2) is 5.31. The van der Waals surface area contributed by atoms with Gasteiger partial charge in [0.05, 0.1) is 12.1 Å². The predicted molar refractivity (Wildman–Crippen MR) is 65.3 cm³/mol. The zero-order valence-corrected chi connectivity index (χ0v) is 10.5. The number of hydrogen-bond donors (Lipinski definition) is 1. The fourth-order valence-corrected chi connectivity index (χ4v) is 2.28. The van der Waals surface area contributed by atoms with E-state index in [1.807, 2.05) is 26.5 Å². The molecule has 1 aromatic heterocycles. The second-order valence-corrected chi connectivity index (χ2v) is 4.76. The van der Waals surface area contributed by atoms with Crippen LogP contribution in [0.4, 0.5) is 0 Å². The van der Waals surface area contributed by atoms with Crippen LogP contribution in [0.3, 0.4) is 0 Å². The Hall–Kier alpha value is -1.36. The molecule has 0 unspecified atom stereocenters. The Balaban J connectivity index is 1.90. The summed E-state index contributed by atoms with van der Waals surface area (Å²) in [5.74, 6) is 0.381. The van der Waals surface area contributed by atoms with Crippen molar-refractivity contribution < 1.29 is 4.79 Å². The molecular formula is C12H20N4O. The zero-order valence-electron chi connectivity index (χ0n) is 10.5. The molecule has 0 radical (unpaired) electrons. The fraction of sp³-hybridized carbons (Fsp3) is 0.667. The molecule has 5 nitrogen and oxygen atoms in total. The Labute approximate surface area is 102 Å². The van der Waals surface area contributed by atoms with E-state index in [1.165, 1.54) is 0 Å². The van der Waals surface area contributed by atoms with Crippen molar-refractivity contribution in [2.75, 3.05) is 20.1 Å². The van der Waals surface area contributed by atoms with E-state index in [2.05, 4.69) is 10.4 Å². The third kappa shape index (κ3) is 3.06.